The van der Waals surface area contributed by atoms with E-state index in [1.165, 1.54) is 0 Å². The molecule has 2 unspecified atom stereocenters. The molecule has 0 bridgehead atoms. The quantitative estimate of drug-likeness (QED) is 0.687. The summed E-state index contributed by atoms with van der Waals surface area (Å²) in [6.45, 7) is 1.49. The highest BCUT2D eigenvalue weighted by molar-refractivity contribution is 7.91. The second kappa shape index (κ2) is 4.71. The van der Waals surface area contributed by atoms with Crippen molar-refractivity contribution in [1.82, 2.24) is 10.6 Å². The van der Waals surface area contributed by atoms with Crippen LogP contribution in [0.1, 0.15) is 19.3 Å². The number of hydrogen-bond donors (Lipinski definition) is 2. The van der Waals surface area contributed by atoms with Gasteiger partial charge in [-0.3, -0.25) is 4.79 Å². The molecule has 2 fully saturated rings. The van der Waals surface area contributed by atoms with E-state index in [-0.39, 0.29) is 17.9 Å². The van der Waals surface area contributed by atoms with Gasteiger partial charge in [0.25, 0.3) is 0 Å². The fraction of sp³-hybridized carbons (Fsp3) is 0.900. The summed E-state index contributed by atoms with van der Waals surface area (Å²) in [7, 11) is -2.76. The SMILES string of the molecule is O=C1CCC(CNCC2CCS(=O)(=O)C2)N1. The molecule has 2 heterocycles. The Morgan fingerprint density at radius 1 is 1.31 bits per heavy atom. The van der Waals surface area contributed by atoms with Gasteiger partial charge in [-0.15, -0.1) is 0 Å². The van der Waals surface area contributed by atoms with E-state index in [9.17, 15) is 13.2 Å². The van der Waals surface area contributed by atoms with Crippen LogP contribution < -0.4 is 10.6 Å². The normalized spacial score (nSPS) is 32.9. The van der Waals surface area contributed by atoms with Crippen LogP contribution in [0.3, 0.4) is 0 Å². The lowest BCUT2D eigenvalue weighted by Crippen LogP contribution is -2.37. The number of nitrogens with one attached hydrogen (secondary N) is 2. The van der Waals surface area contributed by atoms with E-state index in [4.69, 9.17) is 0 Å². The zero-order valence-electron chi connectivity index (χ0n) is 9.24. The molecule has 92 valence electrons. The molecule has 0 aliphatic carbocycles. The van der Waals surface area contributed by atoms with Crippen LogP contribution in [0, 0.1) is 5.92 Å². The third-order valence-electron chi connectivity index (χ3n) is 3.24. The highest BCUT2D eigenvalue weighted by Crippen LogP contribution is 2.17. The van der Waals surface area contributed by atoms with Crippen molar-refractivity contribution in [3.05, 3.63) is 0 Å². The molecule has 2 saturated heterocycles. The Morgan fingerprint density at radius 3 is 2.69 bits per heavy atom. The summed E-state index contributed by atoms with van der Waals surface area (Å²) in [4.78, 5) is 10.9. The van der Waals surface area contributed by atoms with Crippen LogP contribution in [-0.2, 0) is 14.6 Å². The van der Waals surface area contributed by atoms with Gasteiger partial charge in [0, 0.05) is 19.0 Å². The number of sulfone groups is 1. The molecule has 0 spiro atoms. The van der Waals surface area contributed by atoms with E-state index in [0.29, 0.717) is 17.9 Å². The molecule has 0 aromatic rings. The first kappa shape index (κ1) is 11.9. The number of carbonyl (C=O) groups is 1. The van der Waals surface area contributed by atoms with Gasteiger partial charge in [-0.1, -0.05) is 0 Å². The Balaban J connectivity index is 1.64. The number of amides is 1. The van der Waals surface area contributed by atoms with Crippen LogP contribution in [-0.4, -0.2) is 45.0 Å². The average Bonchev–Trinajstić information content (AvgIpc) is 2.73. The van der Waals surface area contributed by atoms with Crippen molar-refractivity contribution in [3.63, 3.8) is 0 Å². The first-order valence-electron chi connectivity index (χ1n) is 5.76. The van der Waals surface area contributed by atoms with Gasteiger partial charge in [-0.2, -0.15) is 0 Å². The van der Waals surface area contributed by atoms with Crippen LogP contribution in [0.25, 0.3) is 0 Å². The van der Waals surface area contributed by atoms with Gasteiger partial charge in [0.15, 0.2) is 9.84 Å². The molecule has 0 radical (unpaired) electrons. The van der Waals surface area contributed by atoms with E-state index in [1.807, 2.05) is 0 Å². The van der Waals surface area contributed by atoms with Gasteiger partial charge < -0.3 is 10.6 Å². The summed E-state index contributed by atoms with van der Waals surface area (Å²) in [5, 5.41) is 6.12. The molecule has 0 aromatic carbocycles. The second-order valence-electron chi connectivity index (χ2n) is 4.73. The van der Waals surface area contributed by atoms with Crippen molar-refractivity contribution in [2.45, 2.75) is 25.3 Å². The maximum absolute atomic E-state index is 11.2. The molecule has 2 rings (SSSR count). The molecule has 2 N–H and O–H groups in total. The molecule has 1 amide bonds. The largest absolute Gasteiger partial charge is 0.352 e. The Hall–Kier alpha value is -0.620. The predicted molar refractivity (Wildman–Crippen MR) is 60.8 cm³/mol. The molecular formula is C10H18N2O3S. The molecule has 2 atom stereocenters. The van der Waals surface area contributed by atoms with Crippen LogP contribution in [0.5, 0.6) is 0 Å². The molecular weight excluding hydrogens is 228 g/mol. The molecule has 2 aliphatic rings. The lowest BCUT2D eigenvalue weighted by atomic mass is 10.1. The van der Waals surface area contributed by atoms with E-state index in [0.717, 1.165) is 25.9 Å². The fourth-order valence-electron chi connectivity index (χ4n) is 2.33. The van der Waals surface area contributed by atoms with Gasteiger partial charge in [0.1, 0.15) is 0 Å². The first-order valence-corrected chi connectivity index (χ1v) is 7.58. The predicted octanol–water partition coefficient (Wildman–Crippen LogP) is -0.711. The molecule has 6 heteroatoms. The maximum Gasteiger partial charge on any atom is 0.220 e. The Morgan fingerprint density at radius 2 is 2.12 bits per heavy atom. The Bertz CT molecular complexity index is 366. The van der Waals surface area contributed by atoms with E-state index in [1.54, 1.807) is 0 Å². The molecule has 16 heavy (non-hydrogen) atoms. The Kier molecular flexibility index (Phi) is 3.49. The molecule has 2 aliphatic heterocycles. The topological polar surface area (TPSA) is 75.3 Å². The molecule has 0 aromatic heterocycles. The van der Waals surface area contributed by atoms with Gasteiger partial charge in [0.05, 0.1) is 11.5 Å². The van der Waals surface area contributed by atoms with Crippen LogP contribution >= 0.6 is 0 Å². The smallest absolute Gasteiger partial charge is 0.220 e. The monoisotopic (exact) mass is 246 g/mol. The minimum Gasteiger partial charge on any atom is -0.352 e. The highest BCUT2D eigenvalue weighted by Gasteiger charge is 2.28. The van der Waals surface area contributed by atoms with E-state index < -0.39 is 9.84 Å². The van der Waals surface area contributed by atoms with Crippen molar-refractivity contribution in [3.8, 4) is 0 Å². The number of carbonyl (C=O) groups excluding carboxylic acids is 1. The molecule has 5 nitrogen and oxygen atoms in total. The summed E-state index contributed by atoms with van der Waals surface area (Å²) >= 11 is 0. The number of rotatable bonds is 4. The van der Waals surface area contributed by atoms with Crippen LogP contribution in [0.15, 0.2) is 0 Å². The zero-order valence-corrected chi connectivity index (χ0v) is 10.1. The van der Waals surface area contributed by atoms with E-state index >= 15 is 0 Å². The molecule has 0 saturated carbocycles. The lowest BCUT2D eigenvalue weighted by Gasteiger charge is -2.13. The third kappa shape index (κ3) is 3.18. The van der Waals surface area contributed by atoms with Crippen molar-refractivity contribution in [2.24, 2.45) is 5.92 Å². The van der Waals surface area contributed by atoms with Crippen molar-refractivity contribution < 1.29 is 13.2 Å². The van der Waals surface area contributed by atoms with Crippen LogP contribution in [0.2, 0.25) is 0 Å². The zero-order chi connectivity index (χ0) is 11.6. The standard InChI is InChI=1S/C10H18N2O3S/c13-10-2-1-9(12-10)6-11-5-8-3-4-16(14,15)7-8/h8-9,11H,1-7H2,(H,12,13). The van der Waals surface area contributed by atoms with Crippen molar-refractivity contribution in [2.75, 3.05) is 24.6 Å². The Labute approximate surface area is 95.9 Å². The summed E-state index contributed by atoms with van der Waals surface area (Å²) in [6, 6.07) is 0.227. The minimum atomic E-state index is -2.76. The third-order valence-corrected chi connectivity index (χ3v) is 5.07. The van der Waals surface area contributed by atoms with Crippen LogP contribution in [0.4, 0.5) is 0 Å². The summed E-state index contributed by atoms with van der Waals surface area (Å²) in [6.07, 6.45) is 2.27. The van der Waals surface area contributed by atoms with Crippen molar-refractivity contribution >= 4 is 15.7 Å². The summed E-state index contributed by atoms with van der Waals surface area (Å²) in [5.74, 6) is 1.02. The lowest BCUT2D eigenvalue weighted by molar-refractivity contribution is -0.119. The number of hydrogen-bond acceptors (Lipinski definition) is 4. The fourth-order valence-corrected chi connectivity index (χ4v) is 4.19. The van der Waals surface area contributed by atoms with Gasteiger partial charge >= 0.3 is 0 Å². The van der Waals surface area contributed by atoms with E-state index in [2.05, 4.69) is 10.6 Å². The summed E-state index contributed by atoms with van der Waals surface area (Å²) < 4.78 is 22.4. The second-order valence-corrected chi connectivity index (χ2v) is 6.96. The maximum atomic E-state index is 11.2. The van der Waals surface area contributed by atoms with Crippen molar-refractivity contribution in [1.29, 1.82) is 0 Å². The highest BCUT2D eigenvalue weighted by atomic mass is 32.2. The minimum absolute atomic E-state index is 0.121. The summed E-state index contributed by atoms with van der Waals surface area (Å²) in [5.41, 5.74) is 0. The van der Waals surface area contributed by atoms with Gasteiger partial charge in [-0.25, -0.2) is 8.42 Å². The van der Waals surface area contributed by atoms with Gasteiger partial charge in [0.2, 0.25) is 5.91 Å². The average molecular weight is 246 g/mol. The van der Waals surface area contributed by atoms with Gasteiger partial charge in [-0.05, 0) is 25.3 Å². The first-order chi connectivity index (χ1) is 7.55.